The van der Waals surface area contributed by atoms with Crippen molar-refractivity contribution in [3.8, 4) is 0 Å². The van der Waals surface area contributed by atoms with Crippen molar-refractivity contribution >= 4 is 34.3 Å². The van der Waals surface area contributed by atoms with Crippen molar-refractivity contribution in [1.82, 2.24) is 10.7 Å². The number of hydrogen-bond donors (Lipinski definition) is 3. The van der Waals surface area contributed by atoms with Gasteiger partial charge < -0.3 is 10.7 Å². The highest BCUT2D eigenvalue weighted by atomic mass is 32.2. The molecule has 0 aromatic heterocycles. The van der Waals surface area contributed by atoms with Crippen LogP contribution in [0.15, 0.2) is 4.99 Å². The van der Waals surface area contributed by atoms with E-state index in [0.717, 1.165) is 17.5 Å². The minimum absolute atomic E-state index is 0.410. The second-order valence-electron chi connectivity index (χ2n) is 1.63. The third-order valence-corrected chi connectivity index (χ3v) is 2.05. The lowest BCUT2D eigenvalue weighted by atomic mass is 10.8. The Bertz CT molecular complexity index is 167. The average Bonchev–Trinajstić information content (AvgIpc) is 2.40. The number of nitrogens with one attached hydrogen (secondary N) is 2. The van der Waals surface area contributed by atoms with E-state index in [1.807, 2.05) is 0 Å². The van der Waals surface area contributed by atoms with E-state index >= 15 is 0 Å². The molecule has 6 heteroatoms. The number of hydrogen-bond acceptors (Lipinski definition) is 4. The van der Waals surface area contributed by atoms with Crippen molar-refractivity contribution in [3.63, 3.8) is 0 Å². The van der Waals surface area contributed by atoms with E-state index in [-0.39, 0.29) is 0 Å². The summed E-state index contributed by atoms with van der Waals surface area (Å²) < 4.78 is 0. The summed E-state index contributed by atoms with van der Waals surface area (Å²) in [5, 5.41) is 4.10. The fourth-order valence-corrected chi connectivity index (χ4v) is 1.44. The number of amidine groups is 1. The van der Waals surface area contributed by atoms with E-state index in [4.69, 9.17) is 18.1 Å². The van der Waals surface area contributed by atoms with Crippen LogP contribution in [-0.4, -0.2) is 22.6 Å². The fourth-order valence-electron chi connectivity index (χ4n) is 0.544. The van der Waals surface area contributed by atoms with Gasteiger partial charge >= 0.3 is 0 Å². The molecule has 56 valence electrons. The maximum atomic E-state index is 5.03. The van der Waals surface area contributed by atoms with Gasteiger partial charge in [0.05, 0.1) is 6.54 Å². The van der Waals surface area contributed by atoms with Gasteiger partial charge in [-0.05, 0) is 12.2 Å². The maximum Gasteiger partial charge on any atom is 0.186 e. The molecule has 0 aromatic carbocycles. The zero-order chi connectivity index (χ0) is 7.40. The van der Waals surface area contributed by atoms with Crippen LogP contribution in [0.3, 0.4) is 0 Å². The number of nitrogens with two attached hydrogens (primary N) is 1. The molecular formula is C4H8N4S2. The largest absolute Gasteiger partial charge is 0.311 e. The van der Waals surface area contributed by atoms with E-state index in [1.54, 1.807) is 11.8 Å². The Morgan fingerprint density at radius 2 is 2.60 bits per heavy atom. The summed E-state index contributed by atoms with van der Waals surface area (Å²) in [5.74, 6) is 6.06. The van der Waals surface area contributed by atoms with Crippen LogP contribution in [0, 0.1) is 0 Å². The monoisotopic (exact) mass is 176 g/mol. The van der Waals surface area contributed by atoms with Crippen molar-refractivity contribution in [3.05, 3.63) is 0 Å². The van der Waals surface area contributed by atoms with Crippen LogP contribution in [0.1, 0.15) is 0 Å². The Kier molecular flexibility index (Phi) is 2.91. The van der Waals surface area contributed by atoms with Gasteiger partial charge in [-0.25, -0.2) is 5.84 Å². The zero-order valence-electron chi connectivity index (χ0n) is 5.26. The molecule has 1 rings (SSSR count). The highest BCUT2D eigenvalue weighted by molar-refractivity contribution is 8.14. The molecule has 0 aromatic rings. The second-order valence-corrected chi connectivity index (χ2v) is 3.13. The number of hydrazine groups is 1. The third kappa shape index (κ3) is 2.13. The van der Waals surface area contributed by atoms with Gasteiger partial charge in [0.2, 0.25) is 0 Å². The normalized spacial score (nSPS) is 16.3. The summed E-state index contributed by atoms with van der Waals surface area (Å²) in [6.45, 7) is 0.861. The lowest BCUT2D eigenvalue weighted by Gasteiger charge is -2.03. The van der Waals surface area contributed by atoms with E-state index in [1.165, 1.54) is 0 Å². The van der Waals surface area contributed by atoms with E-state index in [9.17, 15) is 0 Å². The van der Waals surface area contributed by atoms with E-state index in [0.29, 0.717) is 5.11 Å². The minimum atomic E-state index is 0.410. The Morgan fingerprint density at radius 3 is 3.10 bits per heavy atom. The molecule has 0 bridgehead atoms. The van der Waals surface area contributed by atoms with Gasteiger partial charge in [0.25, 0.3) is 0 Å². The first kappa shape index (κ1) is 7.77. The molecule has 1 heterocycles. The molecule has 1 aliphatic rings. The highest BCUT2D eigenvalue weighted by Crippen LogP contribution is 2.08. The van der Waals surface area contributed by atoms with Crippen molar-refractivity contribution in [1.29, 1.82) is 0 Å². The lowest BCUT2D eigenvalue weighted by Crippen LogP contribution is -2.41. The first-order valence-electron chi connectivity index (χ1n) is 2.78. The van der Waals surface area contributed by atoms with Gasteiger partial charge in [-0.3, -0.25) is 4.99 Å². The number of thiocarbonyl (C=S) groups is 1. The Hall–Kier alpha value is -0.330. The van der Waals surface area contributed by atoms with Gasteiger partial charge in [0.15, 0.2) is 10.3 Å². The SMILES string of the molecule is NNC(=S)NC1=NCCS1. The van der Waals surface area contributed by atoms with Crippen LogP contribution < -0.4 is 16.6 Å². The van der Waals surface area contributed by atoms with E-state index in [2.05, 4.69) is 15.7 Å². The summed E-state index contributed by atoms with van der Waals surface area (Å²) in [6, 6.07) is 0. The molecule has 0 spiro atoms. The van der Waals surface area contributed by atoms with Gasteiger partial charge in [-0.2, -0.15) is 0 Å². The number of aliphatic imine (C=N–C) groups is 1. The Labute approximate surface area is 68.6 Å². The lowest BCUT2D eigenvalue weighted by molar-refractivity contribution is 1.01. The van der Waals surface area contributed by atoms with Crippen molar-refractivity contribution in [2.45, 2.75) is 0 Å². The summed E-state index contributed by atoms with van der Waals surface area (Å²) in [7, 11) is 0. The molecule has 0 amide bonds. The number of nitrogens with zero attached hydrogens (tertiary/aromatic N) is 1. The topological polar surface area (TPSA) is 62.4 Å². The van der Waals surface area contributed by atoms with Crippen molar-refractivity contribution in [2.75, 3.05) is 12.3 Å². The Morgan fingerprint density at radius 1 is 1.80 bits per heavy atom. The molecule has 0 saturated carbocycles. The predicted octanol–water partition coefficient (Wildman–Crippen LogP) is -0.573. The predicted molar refractivity (Wildman–Crippen MR) is 47.8 cm³/mol. The smallest absolute Gasteiger partial charge is 0.186 e. The van der Waals surface area contributed by atoms with Gasteiger partial charge in [-0.1, -0.05) is 11.8 Å². The number of rotatable bonds is 0. The van der Waals surface area contributed by atoms with Gasteiger partial charge in [0.1, 0.15) is 0 Å². The summed E-state index contributed by atoms with van der Waals surface area (Å²) in [6.07, 6.45) is 0. The third-order valence-electron chi connectivity index (χ3n) is 0.937. The number of thioether (sulfide) groups is 1. The molecule has 1 aliphatic heterocycles. The van der Waals surface area contributed by atoms with Crippen LogP contribution in [0.25, 0.3) is 0 Å². The second kappa shape index (κ2) is 3.75. The van der Waals surface area contributed by atoms with Crippen LogP contribution in [0.2, 0.25) is 0 Å². The van der Waals surface area contributed by atoms with Crippen molar-refractivity contribution < 1.29 is 0 Å². The molecule has 0 saturated heterocycles. The summed E-state index contributed by atoms with van der Waals surface area (Å²) in [5.41, 5.74) is 2.32. The molecule has 4 N–H and O–H groups in total. The first-order chi connectivity index (χ1) is 4.83. The van der Waals surface area contributed by atoms with Crippen molar-refractivity contribution in [2.24, 2.45) is 10.8 Å². The summed E-state index contributed by atoms with van der Waals surface area (Å²) in [4.78, 5) is 4.11. The fraction of sp³-hybridized carbons (Fsp3) is 0.500. The Balaban J connectivity index is 2.30. The van der Waals surface area contributed by atoms with Crippen LogP contribution in [0.5, 0.6) is 0 Å². The van der Waals surface area contributed by atoms with Crippen LogP contribution in [0.4, 0.5) is 0 Å². The highest BCUT2D eigenvalue weighted by Gasteiger charge is 2.06. The molecule has 0 unspecified atom stereocenters. The molecule has 0 aliphatic carbocycles. The molecule has 4 nitrogen and oxygen atoms in total. The molecule has 0 fully saturated rings. The maximum absolute atomic E-state index is 5.03. The summed E-state index contributed by atoms with van der Waals surface area (Å²) >= 11 is 6.39. The van der Waals surface area contributed by atoms with E-state index < -0.39 is 0 Å². The minimum Gasteiger partial charge on any atom is -0.311 e. The molecular weight excluding hydrogens is 168 g/mol. The van der Waals surface area contributed by atoms with Crippen LogP contribution >= 0.6 is 24.0 Å². The van der Waals surface area contributed by atoms with Gasteiger partial charge in [-0.15, -0.1) is 0 Å². The average molecular weight is 176 g/mol. The van der Waals surface area contributed by atoms with Gasteiger partial charge in [0, 0.05) is 5.75 Å². The molecule has 0 atom stereocenters. The standard InChI is InChI=1S/C4H8N4S2/c5-8-3(9)7-4-6-1-2-10-4/h1-2,5H2,(H2,6,7,8,9). The quantitative estimate of drug-likeness (QED) is 0.262. The zero-order valence-corrected chi connectivity index (χ0v) is 6.89. The molecule has 0 radical (unpaired) electrons. The molecule has 10 heavy (non-hydrogen) atoms. The first-order valence-corrected chi connectivity index (χ1v) is 4.17. The van der Waals surface area contributed by atoms with Crippen LogP contribution in [-0.2, 0) is 0 Å².